The smallest absolute Gasteiger partial charge is 0.252 e. The molecule has 0 saturated heterocycles. The lowest BCUT2D eigenvalue weighted by Gasteiger charge is -2.13. The molecule has 2 aromatic rings. The highest BCUT2D eigenvalue weighted by Crippen LogP contribution is 2.17. The second-order valence-electron chi connectivity index (χ2n) is 4.56. The number of amides is 1. The summed E-state index contributed by atoms with van der Waals surface area (Å²) in [5.74, 6) is 5.24. The van der Waals surface area contributed by atoms with Crippen LogP contribution in [0, 0.1) is 18.8 Å². The van der Waals surface area contributed by atoms with Crippen molar-refractivity contribution in [2.24, 2.45) is 0 Å². The van der Waals surface area contributed by atoms with Gasteiger partial charge in [0.05, 0.1) is 6.04 Å². The van der Waals surface area contributed by atoms with Crippen LogP contribution in [-0.2, 0) is 0 Å². The third-order valence-electron chi connectivity index (χ3n) is 2.96. The van der Waals surface area contributed by atoms with Gasteiger partial charge in [0, 0.05) is 22.7 Å². The van der Waals surface area contributed by atoms with Crippen molar-refractivity contribution in [2.75, 3.05) is 6.61 Å². The van der Waals surface area contributed by atoms with Gasteiger partial charge in [0.25, 0.3) is 5.91 Å². The molecule has 108 valence electrons. The van der Waals surface area contributed by atoms with Gasteiger partial charge in [-0.1, -0.05) is 17.9 Å². The molecule has 1 amide bonds. The van der Waals surface area contributed by atoms with E-state index in [2.05, 4.69) is 22.1 Å². The molecular formula is C16H16N2O2S. The Kier molecular flexibility index (Phi) is 5.09. The van der Waals surface area contributed by atoms with Gasteiger partial charge in [-0.3, -0.25) is 4.79 Å². The van der Waals surface area contributed by atoms with E-state index < -0.39 is 0 Å². The van der Waals surface area contributed by atoms with Crippen molar-refractivity contribution in [1.82, 2.24) is 10.3 Å². The van der Waals surface area contributed by atoms with Crippen molar-refractivity contribution >= 4 is 17.2 Å². The first-order chi connectivity index (χ1) is 10.1. The number of aryl methyl sites for hydroxylation is 1. The Balaban J connectivity index is 2.18. The van der Waals surface area contributed by atoms with Gasteiger partial charge in [0.2, 0.25) is 0 Å². The number of aromatic nitrogens is 1. The molecule has 0 fully saturated rings. The average molecular weight is 300 g/mol. The molecule has 0 aliphatic rings. The summed E-state index contributed by atoms with van der Waals surface area (Å²) < 4.78 is 0. The van der Waals surface area contributed by atoms with E-state index >= 15 is 0 Å². The maximum atomic E-state index is 12.4. The number of nitrogens with zero attached hydrogens (tertiary/aromatic N) is 1. The highest BCUT2D eigenvalue weighted by Gasteiger charge is 2.15. The fourth-order valence-corrected chi connectivity index (χ4v) is 2.52. The van der Waals surface area contributed by atoms with Crippen LogP contribution in [0.5, 0.6) is 0 Å². The fraction of sp³-hybridized carbons (Fsp3) is 0.250. The minimum Gasteiger partial charge on any atom is -0.384 e. The molecular weight excluding hydrogens is 284 g/mol. The Morgan fingerprint density at radius 1 is 1.52 bits per heavy atom. The van der Waals surface area contributed by atoms with Gasteiger partial charge in [-0.05, 0) is 31.5 Å². The number of nitrogens with one attached hydrogen (secondary N) is 1. The summed E-state index contributed by atoms with van der Waals surface area (Å²) in [6, 6.07) is 5.29. The van der Waals surface area contributed by atoms with Gasteiger partial charge in [-0.25, -0.2) is 4.98 Å². The summed E-state index contributed by atoms with van der Waals surface area (Å²) in [6.45, 7) is 3.59. The Hall–Kier alpha value is -2.16. The molecule has 0 bridgehead atoms. The van der Waals surface area contributed by atoms with Crippen molar-refractivity contribution in [3.05, 3.63) is 51.5 Å². The van der Waals surface area contributed by atoms with Gasteiger partial charge < -0.3 is 10.4 Å². The number of aliphatic hydroxyl groups is 1. The molecule has 5 heteroatoms. The van der Waals surface area contributed by atoms with Crippen molar-refractivity contribution < 1.29 is 9.90 Å². The zero-order valence-corrected chi connectivity index (χ0v) is 12.7. The van der Waals surface area contributed by atoms with Crippen molar-refractivity contribution in [2.45, 2.75) is 19.9 Å². The lowest BCUT2D eigenvalue weighted by atomic mass is 10.0. The predicted molar refractivity (Wildman–Crippen MR) is 83.1 cm³/mol. The molecule has 2 N–H and O–H groups in total. The molecule has 0 spiro atoms. The second kappa shape index (κ2) is 7.02. The summed E-state index contributed by atoms with van der Waals surface area (Å²) >= 11 is 1.51. The molecule has 21 heavy (non-hydrogen) atoms. The quantitative estimate of drug-likeness (QED) is 0.855. The van der Waals surface area contributed by atoms with E-state index in [9.17, 15) is 4.79 Å². The zero-order valence-electron chi connectivity index (χ0n) is 11.9. The first-order valence-electron chi connectivity index (χ1n) is 6.52. The number of benzene rings is 1. The third kappa shape index (κ3) is 3.91. The summed E-state index contributed by atoms with van der Waals surface area (Å²) in [7, 11) is 0. The Bertz CT molecular complexity index is 684. The minimum absolute atomic E-state index is 0.135. The Labute approximate surface area is 127 Å². The Morgan fingerprint density at radius 2 is 2.33 bits per heavy atom. The van der Waals surface area contributed by atoms with Gasteiger partial charge >= 0.3 is 0 Å². The first-order valence-corrected chi connectivity index (χ1v) is 7.40. The standard InChI is InChI=1S/C16H16N2O2S/c1-11-5-6-13(4-3-8-19)10-14(11)15(20)18-12(2)16-17-7-9-21-16/h5-7,9-10,12,19H,8H2,1-2H3,(H,18,20). The van der Waals surface area contributed by atoms with E-state index in [0.717, 1.165) is 10.6 Å². The number of hydrogen-bond acceptors (Lipinski definition) is 4. The van der Waals surface area contributed by atoms with Crippen LogP contribution < -0.4 is 5.32 Å². The summed E-state index contributed by atoms with van der Waals surface area (Å²) in [5, 5.41) is 14.4. The predicted octanol–water partition coefficient (Wildman–Crippen LogP) is 2.29. The van der Waals surface area contributed by atoms with Gasteiger partial charge in [-0.15, -0.1) is 11.3 Å². The van der Waals surface area contributed by atoms with Crippen LogP contribution >= 0.6 is 11.3 Å². The normalized spacial score (nSPS) is 11.4. The van der Waals surface area contributed by atoms with Crippen LogP contribution in [0.1, 0.15) is 39.5 Å². The minimum atomic E-state index is -0.198. The van der Waals surface area contributed by atoms with Gasteiger partial charge in [0.1, 0.15) is 11.6 Å². The van der Waals surface area contributed by atoms with Crippen LogP contribution in [0.3, 0.4) is 0 Å². The molecule has 0 aliphatic heterocycles. The number of rotatable bonds is 3. The summed E-state index contributed by atoms with van der Waals surface area (Å²) in [5.41, 5.74) is 2.18. The fourth-order valence-electron chi connectivity index (χ4n) is 1.87. The van der Waals surface area contributed by atoms with Crippen LogP contribution in [-0.4, -0.2) is 22.6 Å². The maximum absolute atomic E-state index is 12.4. The van der Waals surface area contributed by atoms with Crippen LogP contribution in [0.4, 0.5) is 0 Å². The van der Waals surface area contributed by atoms with Crippen LogP contribution in [0.2, 0.25) is 0 Å². The van der Waals surface area contributed by atoms with E-state index in [1.54, 1.807) is 12.3 Å². The lowest BCUT2D eigenvalue weighted by molar-refractivity contribution is 0.0939. The molecule has 4 nitrogen and oxygen atoms in total. The number of carbonyl (C=O) groups is 1. The molecule has 1 heterocycles. The van der Waals surface area contributed by atoms with Crippen LogP contribution in [0.15, 0.2) is 29.8 Å². The second-order valence-corrected chi connectivity index (χ2v) is 5.48. The third-order valence-corrected chi connectivity index (χ3v) is 3.92. The van der Waals surface area contributed by atoms with Gasteiger partial charge in [0.15, 0.2) is 0 Å². The molecule has 1 atom stereocenters. The topological polar surface area (TPSA) is 62.2 Å². The molecule has 1 unspecified atom stereocenters. The molecule has 1 aromatic heterocycles. The SMILES string of the molecule is Cc1ccc(C#CCO)cc1C(=O)NC(C)c1nccs1. The number of carbonyl (C=O) groups excluding carboxylic acids is 1. The largest absolute Gasteiger partial charge is 0.384 e. The van der Waals surface area contributed by atoms with E-state index in [4.69, 9.17) is 5.11 Å². The number of aliphatic hydroxyl groups excluding tert-OH is 1. The van der Waals surface area contributed by atoms with E-state index in [1.165, 1.54) is 11.3 Å². The van der Waals surface area contributed by atoms with Gasteiger partial charge in [-0.2, -0.15) is 0 Å². The highest BCUT2D eigenvalue weighted by atomic mass is 32.1. The van der Waals surface area contributed by atoms with Crippen molar-refractivity contribution in [3.63, 3.8) is 0 Å². The average Bonchev–Trinajstić information content (AvgIpc) is 3.00. The highest BCUT2D eigenvalue weighted by molar-refractivity contribution is 7.09. The molecule has 0 saturated carbocycles. The van der Waals surface area contributed by atoms with Crippen LogP contribution in [0.25, 0.3) is 0 Å². The monoisotopic (exact) mass is 300 g/mol. The number of hydrogen-bond donors (Lipinski definition) is 2. The van der Waals surface area contributed by atoms with E-state index in [1.807, 2.05) is 31.4 Å². The van der Waals surface area contributed by atoms with E-state index in [0.29, 0.717) is 11.1 Å². The zero-order chi connectivity index (χ0) is 15.2. The van der Waals surface area contributed by atoms with Crippen molar-refractivity contribution in [3.8, 4) is 11.8 Å². The summed E-state index contributed by atoms with van der Waals surface area (Å²) in [4.78, 5) is 16.6. The number of thiazole rings is 1. The molecule has 0 radical (unpaired) electrons. The molecule has 0 aliphatic carbocycles. The van der Waals surface area contributed by atoms with Crippen molar-refractivity contribution in [1.29, 1.82) is 0 Å². The lowest BCUT2D eigenvalue weighted by Crippen LogP contribution is -2.27. The molecule has 2 rings (SSSR count). The Morgan fingerprint density at radius 3 is 3.00 bits per heavy atom. The summed E-state index contributed by atoms with van der Waals surface area (Å²) in [6.07, 6.45) is 1.72. The first kappa shape index (κ1) is 15.2. The van der Waals surface area contributed by atoms with E-state index in [-0.39, 0.29) is 18.6 Å². The molecule has 1 aromatic carbocycles. The maximum Gasteiger partial charge on any atom is 0.252 e.